The van der Waals surface area contributed by atoms with E-state index in [2.05, 4.69) is 0 Å². The van der Waals surface area contributed by atoms with Crippen LogP contribution in [0.4, 0.5) is 0 Å². The van der Waals surface area contributed by atoms with E-state index in [0.717, 1.165) is 6.29 Å². The zero-order valence-corrected chi connectivity index (χ0v) is 8.03. The molecule has 1 aromatic rings. The van der Waals surface area contributed by atoms with Crippen molar-refractivity contribution in [2.24, 2.45) is 5.92 Å². The molecule has 0 bridgehead atoms. The van der Waals surface area contributed by atoms with Crippen LogP contribution in [0.3, 0.4) is 0 Å². The Kier molecular flexibility index (Phi) is 3.46. The summed E-state index contributed by atoms with van der Waals surface area (Å²) < 4.78 is 0. The van der Waals surface area contributed by atoms with Crippen molar-refractivity contribution in [1.82, 2.24) is 0 Å². The molecule has 0 fully saturated rings. The zero-order valence-electron chi connectivity index (χ0n) is 7.27. The van der Waals surface area contributed by atoms with Gasteiger partial charge in [-0.2, -0.15) is 0 Å². The Morgan fingerprint density at radius 2 is 2.23 bits per heavy atom. The Balaban J connectivity index is 2.88. The van der Waals surface area contributed by atoms with Gasteiger partial charge >= 0.3 is 0 Å². The number of aldehydes is 1. The van der Waals surface area contributed by atoms with Crippen LogP contribution in [0.2, 0.25) is 5.02 Å². The average molecular weight is 199 g/mol. The molecule has 0 saturated carbocycles. The van der Waals surface area contributed by atoms with Crippen LogP contribution in [0.5, 0.6) is 0 Å². The standard InChI is InChI=1S/C10H11ClO2/c1-7(6-12)10(13)8-3-2-4-9(11)5-8/h2-7,10,13H,1H3/t7-,10+/m1/s1. The average Bonchev–Trinajstić information content (AvgIpc) is 2.15. The maximum absolute atomic E-state index is 10.4. The summed E-state index contributed by atoms with van der Waals surface area (Å²) in [7, 11) is 0. The molecule has 0 heterocycles. The second kappa shape index (κ2) is 4.40. The highest BCUT2D eigenvalue weighted by atomic mass is 35.5. The van der Waals surface area contributed by atoms with Crippen LogP contribution < -0.4 is 0 Å². The molecule has 0 aliphatic rings. The molecule has 3 heteroatoms. The van der Waals surface area contributed by atoms with E-state index in [0.29, 0.717) is 10.6 Å². The van der Waals surface area contributed by atoms with Gasteiger partial charge in [-0.15, -0.1) is 0 Å². The molecule has 0 aliphatic carbocycles. The highest BCUT2D eigenvalue weighted by Gasteiger charge is 2.15. The van der Waals surface area contributed by atoms with Gasteiger partial charge in [0.2, 0.25) is 0 Å². The van der Waals surface area contributed by atoms with E-state index >= 15 is 0 Å². The molecule has 1 rings (SSSR count). The van der Waals surface area contributed by atoms with Crippen LogP contribution in [-0.4, -0.2) is 11.4 Å². The number of hydrogen-bond donors (Lipinski definition) is 1. The first-order valence-corrected chi connectivity index (χ1v) is 4.41. The van der Waals surface area contributed by atoms with E-state index < -0.39 is 12.0 Å². The third-order valence-electron chi connectivity index (χ3n) is 1.90. The van der Waals surface area contributed by atoms with Gasteiger partial charge in [-0.1, -0.05) is 30.7 Å². The molecule has 0 amide bonds. The van der Waals surface area contributed by atoms with Gasteiger partial charge in [0.25, 0.3) is 0 Å². The number of carbonyl (C=O) groups is 1. The summed E-state index contributed by atoms with van der Waals surface area (Å²) in [4.78, 5) is 10.4. The number of aliphatic hydroxyl groups excluding tert-OH is 1. The molecule has 0 unspecified atom stereocenters. The van der Waals surface area contributed by atoms with Gasteiger partial charge in [-0.05, 0) is 17.7 Å². The number of benzene rings is 1. The van der Waals surface area contributed by atoms with Crippen molar-refractivity contribution in [2.45, 2.75) is 13.0 Å². The van der Waals surface area contributed by atoms with Crippen LogP contribution in [0.1, 0.15) is 18.6 Å². The molecule has 2 nitrogen and oxygen atoms in total. The lowest BCUT2D eigenvalue weighted by molar-refractivity contribution is -0.113. The lowest BCUT2D eigenvalue weighted by Gasteiger charge is -2.13. The summed E-state index contributed by atoms with van der Waals surface area (Å²) in [6.07, 6.45) is -0.0397. The molecule has 0 radical (unpaired) electrons. The minimum absolute atomic E-state index is 0.404. The van der Waals surface area contributed by atoms with Gasteiger partial charge in [0.15, 0.2) is 0 Å². The monoisotopic (exact) mass is 198 g/mol. The van der Waals surface area contributed by atoms with E-state index in [9.17, 15) is 9.90 Å². The summed E-state index contributed by atoms with van der Waals surface area (Å²) in [6.45, 7) is 1.67. The predicted molar refractivity (Wildman–Crippen MR) is 51.6 cm³/mol. The third kappa shape index (κ3) is 2.54. The molecule has 2 atom stereocenters. The summed E-state index contributed by atoms with van der Waals surface area (Å²) in [5.41, 5.74) is 0.673. The molecule has 13 heavy (non-hydrogen) atoms. The second-order valence-electron chi connectivity index (χ2n) is 3.00. The van der Waals surface area contributed by atoms with Crippen LogP contribution >= 0.6 is 11.6 Å². The molecule has 1 aromatic carbocycles. The van der Waals surface area contributed by atoms with Crippen LogP contribution in [-0.2, 0) is 4.79 Å². The number of aliphatic hydroxyl groups is 1. The second-order valence-corrected chi connectivity index (χ2v) is 3.43. The van der Waals surface area contributed by atoms with E-state index in [1.54, 1.807) is 31.2 Å². The Bertz CT molecular complexity index is 299. The maximum atomic E-state index is 10.4. The molecular weight excluding hydrogens is 188 g/mol. The first-order valence-electron chi connectivity index (χ1n) is 4.04. The summed E-state index contributed by atoms with van der Waals surface area (Å²) in [6, 6.07) is 6.88. The number of rotatable bonds is 3. The van der Waals surface area contributed by atoms with Crippen LogP contribution in [0.25, 0.3) is 0 Å². The Hall–Kier alpha value is -0.860. The molecular formula is C10H11ClO2. The lowest BCUT2D eigenvalue weighted by atomic mass is 9.99. The Morgan fingerprint density at radius 3 is 2.77 bits per heavy atom. The minimum atomic E-state index is -0.767. The SMILES string of the molecule is C[C@H](C=O)[C@H](O)c1cccc(Cl)c1. The fraction of sp³-hybridized carbons (Fsp3) is 0.300. The quantitative estimate of drug-likeness (QED) is 0.757. The molecule has 1 N–H and O–H groups in total. The fourth-order valence-corrected chi connectivity index (χ4v) is 1.27. The number of halogens is 1. The third-order valence-corrected chi connectivity index (χ3v) is 2.14. The van der Waals surface area contributed by atoms with Gasteiger partial charge in [0, 0.05) is 10.9 Å². The van der Waals surface area contributed by atoms with Gasteiger partial charge in [-0.25, -0.2) is 0 Å². The number of carbonyl (C=O) groups excluding carboxylic acids is 1. The van der Waals surface area contributed by atoms with E-state index in [1.165, 1.54) is 0 Å². The highest BCUT2D eigenvalue weighted by Crippen LogP contribution is 2.22. The summed E-state index contributed by atoms with van der Waals surface area (Å²) in [5.74, 6) is -0.404. The van der Waals surface area contributed by atoms with E-state index in [4.69, 9.17) is 11.6 Å². The van der Waals surface area contributed by atoms with Gasteiger partial charge < -0.3 is 9.90 Å². The zero-order chi connectivity index (χ0) is 9.84. The molecule has 0 aliphatic heterocycles. The lowest BCUT2D eigenvalue weighted by Crippen LogP contribution is -2.09. The van der Waals surface area contributed by atoms with Gasteiger partial charge in [0.1, 0.15) is 6.29 Å². The van der Waals surface area contributed by atoms with Crippen LogP contribution in [0.15, 0.2) is 24.3 Å². The highest BCUT2D eigenvalue weighted by molar-refractivity contribution is 6.30. The summed E-state index contributed by atoms with van der Waals surface area (Å²) >= 11 is 5.74. The van der Waals surface area contributed by atoms with E-state index in [-0.39, 0.29) is 0 Å². The van der Waals surface area contributed by atoms with Gasteiger partial charge in [0.05, 0.1) is 6.10 Å². The molecule has 0 aromatic heterocycles. The van der Waals surface area contributed by atoms with Crippen molar-refractivity contribution in [3.63, 3.8) is 0 Å². The minimum Gasteiger partial charge on any atom is -0.388 e. The Morgan fingerprint density at radius 1 is 1.54 bits per heavy atom. The smallest absolute Gasteiger partial charge is 0.125 e. The predicted octanol–water partition coefficient (Wildman–Crippen LogP) is 2.21. The topological polar surface area (TPSA) is 37.3 Å². The van der Waals surface area contributed by atoms with Crippen molar-refractivity contribution in [3.8, 4) is 0 Å². The first-order chi connectivity index (χ1) is 6.15. The van der Waals surface area contributed by atoms with E-state index in [1.807, 2.05) is 0 Å². The van der Waals surface area contributed by atoms with Crippen molar-refractivity contribution in [1.29, 1.82) is 0 Å². The Labute approximate surface area is 82.2 Å². The van der Waals surface area contributed by atoms with Crippen LogP contribution in [0, 0.1) is 5.92 Å². The largest absolute Gasteiger partial charge is 0.388 e. The summed E-state index contributed by atoms with van der Waals surface area (Å²) in [5, 5.41) is 10.2. The first kappa shape index (κ1) is 10.2. The van der Waals surface area contributed by atoms with Crippen molar-refractivity contribution in [3.05, 3.63) is 34.9 Å². The van der Waals surface area contributed by atoms with Gasteiger partial charge in [-0.3, -0.25) is 0 Å². The molecule has 70 valence electrons. The molecule has 0 saturated heterocycles. The number of hydrogen-bond acceptors (Lipinski definition) is 2. The molecule has 0 spiro atoms. The van der Waals surface area contributed by atoms with Crippen molar-refractivity contribution < 1.29 is 9.90 Å². The fourth-order valence-electron chi connectivity index (χ4n) is 1.07. The normalized spacial score (nSPS) is 15.0. The van der Waals surface area contributed by atoms with Crippen molar-refractivity contribution in [2.75, 3.05) is 0 Å². The van der Waals surface area contributed by atoms with Crippen molar-refractivity contribution >= 4 is 17.9 Å². The maximum Gasteiger partial charge on any atom is 0.125 e.